The van der Waals surface area contributed by atoms with Crippen molar-refractivity contribution in [2.45, 2.75) is 12.3 Å². The monoisotopic (exact) mass is 723 g/mol. The molecule has 2 aliphatic rings. The van der Waals surface area contributed by atoms with Crippen LogP contribution in [0.2, 0.25) is 0 Å². The van der Waals surface area contributed by atoms with E-state index >= 15 is 35.1 Å². The fraction of sp³-hybridized carbons (Fsp3) is 0.0882. The Morgan fingerprint density at radius 2 is 0.925 bits per heavy atom. The summed E-state index contributed by atoms with van der Waals surface area (Å²) in [5.41, 5.74) is -13.0. The normalized spacial score (nSPS) is 16.2. The van der Waals surface area contributed by atoms with Gasteiger partial charge in [0.15, 0.2) is 0 Å². The van der Waals surface area contributed by atoms with E-state index in [9.17, 15) is 26.3 Å². The molecular formula is C34H9F8N11. The average Bonchev–Trinajstić information content (AvgIpc) is 3.56. The molecule has 0 aromatic carbocycles. The average molecular weight is 724 g/mol. The Labute approximate surface area is 287 Å². The summed E-state index contributed by atoms with van der Waals surface area (Å²) in [6, 6.07) is 6.64. The number of rotatable bonds is 2. The molecule has 4 aromatic heterocycles. The molecule has 0 fully saturated rings. The van der Waals surface area contributed by atoms with E-state index < -0.39 is 139 Å². The van der Waals surface area contributed by atoms with E-state index in [1.165, 1.54) is 30.3 Å². The van der Waals surface area contributed by atoms with Gasteiger partial charge >= 0.3 is 0 Å². The fourth-order valence-electron chi connectivity index (χ4n) is 6.54. The molecule has 256 valence electrons. The molecule has 0 saturated carbocycles. The van der Waals surface area contributed by atoms with E-state index in [2.05, 4.69) is 24.9 Å². The minimum Gasteiger partial charge on any atom is -0.307 e. The molecule has 0 amide bonds. The van der Waals surface area contributed by atoms with Gasteiger partial charge in [0.05, 0.1) is 43.5 Å². The van der Waals surface area contributed by atoms with Crippen LogP contribution in [0.1, 0.15) is 29.2 Å². The van der Waals surface area contributed by atoms with Crippen LogP contribution in [0.4, 0.5) is 35.1 Å². The first-order chi connectivity index (χ1) is 25.3. The lowest BCUT2D eigenvalue weighted by Gasteiger charge is -2.31. The highest BCUT2D eigenvalue weighted by Gasteiger charge is 2.57. The van der Waals surface area contributed by atoms with Gasteiger partial charge in [0.2, 0.25) is 23.8 Å². The minimum absolute atomic E-state index is 0.160. The maximum Gasteiger partial charge on any atom is 0.225 e. The molecule has 0 radical (unpaired) electrons. The van der Waals surface area contributed by atoms with Gasteiger partial charge in [-0.1, -0.05) is 0 Å². The van der Waals surface area contributed by atoms with Crippen LogP contribution in [-0.4, -0.2) is 39.4 Å². The van der Waals surface area contributed by atoms with Crippen molar-refractivity contribution in [3.05, 3.63) is 112 Å². The maximum atomic E-state index is 17.4. The molecule has 1 atom stereocenters. The standard InChI is InChI=1S/C34H9F8N11/c1-10(3-43)14-22(35)18-26(50-30(14)39)27-19(23(36)15(31(40)51-27)11(4-44)5-45)34(18)20-24(37)16(12(6-46)7-47)32(41)52-28(20)29-21(34)25(38)17(33(42)53-29)13(8-48)9-49-2/h6,9,46H,1-2H3/b14-10-,16-12-,17-13-,46-6?,49-9+. The lowest BCUT2D eigenvalue weighted by atomic mass is 9.69. The summed E-state index contributed by atoms with van der Waals surface area (Å²) in [7, 11) is 1.09. The van der Waals surface area contributed by atoms with Gasteiger partial charge in [-0.3, -0.25) is 4.99 Å². The van der Waals surface area contributed by atoms with Crippen molar-refractivity contribution < 1.29 is 35.1 Å². The lowest BCUT2D eigenvalue weighted by molar-refractivity contribution is 0.471. The number of pyridine rings is 4. The highest BCUT2D eigenvalue weighted by Crippen LogP contribution is 2.53. The molecule has 53 heavy (non-hydrogen) atoms. The Bertz CT molecular complexity index is 3200. The highest BCUT2D eigenvalue weighted by molar-refractivity contribution is 6.08. The van der Waals surface area contributed by atoms with Gasteiger partial charge in [0.1, 0.15) is 74.5 Å². The number of hydrogen-bond acceptors (Lipinski definition) is 11. The number of aliphatic imine (C=N–C) groups is 1. The second kappa shape index (κ2) is 12.3. The lowest BCUT2D eigenvalue weighted by Crippen LogP contribution is -2.40. The Balaban J connectivity index is 2.20. The Hall–Kier alpha value is -7.69. The molecule has 0 aliphatic heterocycles. The zero-order valence-corrected chi connectivity index (χ0v) is 26.2. The molecule has 4 heterocycles. The number of nitrogens with one attached hydrogen (secondary N) is 1. The van der Waals surface area contributed by atoms with Gasteiger partial charge in [0, 0.05) is 47.3 Å². The van der Waals surface area contributed by atoms with Crippen LogP contribution in [0.25, 0.3) is 22.3 Å². The molecular weight excluding hydrogens is 714 g/mol. The van der Waals surface area contributed by atoms with Crippen LogP contribution >= 0.6 is 0 Å². The smallest absolute Gasteiger partial charge is 0.225 e. The van der Waals surface area contributed by atoms with Crippen molar-refractivity contribution in [2.75, 3.05) is 7.05 Å². The van der Waals surface area contributed by atoms with Crippen LogP contribution in [-0.2, 0) is 5.41 Å². The topological polar surface area (TPSA) is 207 Å². The van der Waals surface area contributed by atoms with Crippen LogP contribution in [0.5, 0.6) is 0 Å². The second-order valence-electron chi connectivity index (χ2n) is 10.9. The minimum atomic E-state index is -3.49. The van der Waals surface area contributed by atoms with Crippen molar-refractivity contribution >= 4 is 34.7 Å². The van der Waals surface area contributed by atoms with Crippen molar-refractivity contribution in [2.24, 2.45) is 4.99 Å². The number of nitriles is 5. The Kier molecular flexibility index (Phi) is 8.14. The third-order valence-corrected chi connectivity index (χ3v) is 8.52. The van der Waals surface area contributed by atoms with Crippen molar-refractivity contribution in [3.63, 3.8) is 0 Å². The highest BCUT2D eigenvalue weighted by atomic mass is 19.2. The van der Waals surface area contributed by atoms with Gasteiger partial charge in [-0.2, -0.15) is 43.9 Å². The summed E-state index contributed by atoms with van der Waals surface area (Å²) in [6.07, 6.45) is 0.806. The Morgan fingerprint density at radius 3 is 1.28 bits per heavy atom. The largest absolute Gasteiger partial charge is 0.307 e. The number of halogens is 8. The SMILES string of the molecule is C/N=C/C(C#N)=c1\c(F)nc2c(c1F)C1(c3c(F)c(=C(C#N)C#N)c(F)nc3=c3nc(F)/c(=C(/C)C#N)c(F)c31)c1c(F)/c(=C(/C#N)C=N)c(F)nc1=2. The molecule has 11 nitrogen and oxygen atoms in total. The first-order valence-corrected chi connectivity index (χ1v) is 14.2. The Morgan fingerprint density at radius 1 is 0.566 bits per heavy atom. The molecule has 0 saturated heterocycles. The first-order valence-electron chi connectivity index (χ1n) is 14.2. The molecule has 1 spiro atoms. The number of nitrogens with zero attached hydrogens (tertiary/aromatic N) is 10. The van der Waals surface area contributed by atoms with Crippen molar-refractivity contribution in [1.82, 2.24) is 19.9 Å². The third kappa shape index (κ3) is 4.33. The van der Waals surface area contributed by atoms with E-state index in [4.69, 9.17) is 5.41 Å². The van der Waals surface area contributed by atoms with E-state index in [0.29, 0.717) is 6.21 Å². The summed E-state index contributed by atoms with van der Waals surface area (Å²) in [4.78, 5) is 17.7. The predicted molar refractivity (Wildman–Crippen MR) is 160 cm³/mol. The van der Waals surface area contributed by atoms with Crippen LogP contribution in [0, 0.1) is 131 Å². The maximum absolute atomic E-state index is 17.4. The predicted octanol–water partition coefficient (Wildman–Crippen LogP) is 1.55. The molecule has 1 N–H and O–H groups in total. The quantitative estimate of drug-likeness (QED) is 0.156. The van der Waals surface area contributed by atoms with Crippen LogP contribution in [0.15, 0.2) is 4.99 Å². The van der Waals surface area contributed by atoms with E-state index in [1.54, 1.807) is 0 Å². The van der Waals surface area contributed by atoms with Gasteiger partial charge in [-0.15, -0.1) is 0 Å². The van der Waals surface area contributed by atoms with E-state index in [1.807, 2.05) is 0 Å². The van der Waals surface area contributed by atoms with Gasteiger partial charge < -0.3 is 5.41 Å². The fourth-order valence-corrected chi connectivity index (χ4v) is 6.54. The molecule has 19 heteroatoms. The summed E-state index contributed by atoms with van der Waals surface area (Å²) in [5, 5.41) is 45.2. The molecule has 1 unspecified atom stereocenters. The zero-order valence-electron chi connectivity index (χ0n) is 26.2. The third-order valence-electron chi connectivity index (χ3n) is 8.52. The van der Waals surface area contributed by atoms with Crippen molar-refractivity contribution in [3.8, 4) is 30.3 Å². The molecule has 2 aliphatic carbocycles. The molecule has 4 aromatic rings. The summed E-state index contributed by atoms with van der Waals surface area (Å²) in [6.45, 7) is 0.889. The van der Waals surface area contributed by atoms with E-state index in [-0.39, 0.29) is 6.21 Å². The second-order valence-corrected chi connectivity index (χ2v) is 10.9. The van der Waals surface area contributed by atoms with Gasteiger partial charge in [-0.25, -0.2) is 37.5 Å². The number of aromatic nitrogens is 4. The van der Waals surface area contributed by atoms with Gasteiger partial charge in [-0.05, 0) is 6.92 Å². The van der Waals surface area contributed by atoms with Crippen LogP contribution in [0.3, 0.4) is 0 Å². The first kappa shape index (κ1) is 35.1. The molecule has 6 rings (SSSR count). The number of fused-ring (bicyclic) bond motifs is 8. The summed E-state index contributed by atoms with van der Waals surface area (Å²) < 4.78 is 132. The van der Waals surface area contributed by atoms with Crippen LogP contribution < -0.4 is 20.9 Å². The van der Waals surface area contributed by atoms with E-state index in [0.717, 1.165) is 14.0 Å². The van der Waals surface area contributed by atoms with Crippen molar-refractivity contribution in [1.29, 1.82) is 31.7 Å². The molecule has 0 bridgehead atoms. The summed E-state index contributed by atoms with van der Waals surface area (Å²) >= 11 is 0. The zero-order chi connectivity index (χ0) is 38.8. The number of hydrogen-bond donors (Lipinski definition) is 1. The summed E-state index contributed by atoms with van der Waals surface area (Å²) in [5.74, 6) is -15.4. The van der Waals surface area contributed by atoms with Gasteiger partial charge in [0.25, 0.3) is 0 Å².